The Morgan fingerprint density at radius 1 is 1.04 bits per heavy atom. The number of hydrogen-bond acceptors (Lipinski definition) is 3. The summed E-state index contributed by atoms with van der Waals surface area (Å²) >= 11 is 0. The van der Waals surface area contributed by atoms with Gasteiger partial charge in [0.15, 0.2) is 0 Å². The maximum atomic E-state index is 13.0. The van der Waals surface area contributed by atoms with Crippen molar-refractivity contribution >= 4 is 17.8 Å². The third kappa shape index (κ3) is 3.56. The molecule has 148 valence electrons. The second kappa shape index (κ2) is 6.89. The molecule has 0 aliphatic carbocycles. The number of urea groups is 1. The number of ether oxygens (including phenoxy) is 1. The Kier molecular flexibility index (Phi) is 4.53. The molecule has 3 amide bonds. The zero-order chi connectivity index (χ0) is 19.9. The predicted octanol–water partition coefficient (Wildman–Crippen LogP) is 3.34. The molecular weight excluding hydrogens is 356 g/mol. The molecular formula is C21H26N4O3. The molecule has 2 fully saturated rings. The Morgan fingerprint density at radius 2 is 1.75 bits per heavy atom. The van der Waals surface area contributed by atoms with Crippen molar-refractivity contribution in [2.45, 2.75) is 32.4 Å². The van der Waals surface area contributed by atoms with Crippen LogP contribution in [0.4, 0.5) is 15.3 Å². The van der Waals surface area contributed by atoms with Crippen molar-refractivity contribution in [3.05, 3.63) is 48.8 Å². The van der Waals surface area contributed by atoms with E-state index in [1.165, 1.54) is 0 Å². The molecule has 2 saturated heterocycles. The summed E-state index contributed by atoms with van der Waals surface area (Å²) in [6, 6.07) is 11.9. The van der Waals surface area contributed by atoms with Gasteiger partial charge in [0.2, 0.25) is 0 Å². The Labute approximate surface area is 165 Å². The average molecular weight is 382 g/mol. The second-order valence-electron chi connectivity index (χ2n) is 8.28. The van der Waals surface area contributed by atoms with E-state index in [-0.39, 0.29) is 18.2 Å². The van der Waals surface area contributed by atoms with E-state index in [4.69, 9.17) is 4.74 Å². The summed E-state index contributed by atoms with van der Waals surface area (Å²) in [6.45, 7) is 7.66. The van der Waals surface area contributed by atoms with Crippen LogP contribution in [0.15, 0.2) is 48.8 Å². The lowest BCUT2D eigenvalue weighted by Crippen LogP contribution is -2.54. The molecule has 0 radical (unpaired) electrons. The van der Waals surface area contributed by atoms with E-state index in [0.29, 0.717) is 26.2 Å². The molecule has 1 unspecified atom stereocenters. The van der Waals surface area contributed by atoms with Crippen LogP contribution < -0.4 is 4.90 Å². The minimum absolute atomic E-state index is 0.00139. The van der Waals surface area contributed by atoms with Gasteiger partial charge >= 0.3 is 12.1 Å². The van der Waals surface area contributed by atoms with Gasteiger partial charge in [-0.05, 0) is 51.1 Å². The zero-order valence-electron chi connectivity index (χ0n) is 16.5. The highest BCUT2D eigenvalue weighted by molar-refractivity contribution is 5.95. The molecule has 0 spiro atoms. The fourth-order valence-electron chi connectivity index (χ4n) is 3.74. The van der Waals surface area contributed by atoms with Gasteiger partial charge in [0.25, 0.3) is 0 Å². The maximum absolute atomic E-state index is 13.0. The first kappa shape index (κ1) is 18.4. The SMILES string of the molecule is CC(C)(C)OC(=O)N1CCN2C(=O)N(c3cccc(-n4cccc4)c3)CC2C1. The van der Waals surface area contributed by atoms with Gasteiger partial charge in [-0.1, -0.05) is 6.07 Å². The summed E-state index contributed by atoms with van der Waals surface area (Å²) in [5.74, 6) is 0. The number of anilines is 1. The number of piperazine rings is 1. The minimum Gasteiger partial charge on any atom is -0.444 e. The fourth-order valence-corrected chi connectivity index (χ4v) is 3.74. The topological polar surface area (TPSA) is 58.0 Å². The summed E-state index contributed by atoms with van der Waals surface area (Å²) in [6.07, 6.45) is 3.65. The van der Waals surface area contributed by atoms with E-state index in [9.17, 15) is 9.59 Å². The number of aromatic nitrogens is 1. The zero-order valence-corrected chi connectivity index (χ0v) is 16.5. The standard InChI is InChI=1S/C21H26N4O3/c1-21(2,3)28-20(27)23-11-12-24-18(14-23)15-25(19(24)26)17-8-6-7-16(13-17)22-9-4-5-10-22/h4-10,13,18H,11-12,14-15H2,1-3H3. The van der Waals surface area contributed by atoms with Gasteiger partial charge in [0, 0.05) is 49.9 Å². The lowest BCUT2D eigenvalue weighted by molar-refractivity contribution is 0.0128. The predicted molar refractivity (Wildman–Crippen MR) is 107 cm³/mol. The van der Waals surface area contributed by atoms with Crippen molar-refractivity contribution < 1.29 is 14.3 Å². The first-order valence-electron chi connectivity index (χ1n) is 9.61. The minimum atomic E-state index is -0.523. The number of nitrogens with zero attached hydrogens (tertiary/aromatic N) is 4. The number of benzene rings is 1. The van der Waals surface area contributed by atoms with Gasteiger partial charge in [-0.2, -0.15) is 0 Å². The Balaban J connectivity index is 1.49. The second-order valence-corrected chi connectivity index (χ2v) is 8.28. The van der Waals surface area contributed by atoms with Crippen molar-refractivity contribution in [3.63, 3.8) is 0 Å². The van der Waals surface area contributed by atoms with Gasteiger partial charge in [0.1, 0.15) is 5.60 Å². The Bertz CT molecular complexity index is 872. The number of hydrogen-bond donors (Lipinski definition) is 0. The van der Waals surface area contributed by atoms with Gasteiger partial charge in [-0.25, -0.2) is 9.59 Å². The van der Waals surface area contributed by atoms with Gasteiger partial charge in [-0.3, -0.25) is 4.90 Å². The summed E-state index contributed by atoms with van der Waals surface area (Å²) in [7, 11) is 0. The van der Waals surface area contributed by atoms with Crippen LogP contribution in [0.5, 0.6) is 0 Å². The van der Waals surface area contributed by atoms with E-state index < -0.39 is 5.60 Å². The van der Waals surface area contributed by atoms with Crippen LogP contribution in [0.2, 0.25) is 0 Å². The van der Waals surface area contributed by atoms with Crippen LogP contribution in [0.25, 0.3) is 5.69 Å². The normalized spacial score (nSPS) is 19.8. The molecule has 28 heavy (non-hydrogen) atoms. The number of amides is 3. The van der Waals surface area contributed by atoms with E-state index in [1.54, 1.807) is 9.80 Å². The quantitative estimate of drug-likeness (QED) is 0.800. The Morgan fingerprint density at radius 3 is 2.46 bits per heavy atom. The van der Waals surface area contributed by atoms with E-state index in [1.807, 2.05) is 79.0 Å². The molecule has 3 heterocycles. The lowest BCUT2D eigenvalue weighted by Gasteiger charge is -2.36. The van der Waals surface area contributed by atoms with Crippen molar-refractivity contribution in [1.29, 1.82) is 0 Å². The molecule has 7 nitrogen and oxygen atoms in total. The largest absolute Gasteiger partial charge is 0.444 e. The van der Waals surface area contributed by atoms with Crippen molar-refractivity contribution in [2.75, 3.05) is 31.1 Å². The van der Waals surface area contributed by atoms with E-state index in [0.717, 1.165) is 11.4 Å². The molecule has 0 saturated carbocycles. The van der Waals surface area contributed by atoms with E-state index >= 15 is 0 Å². The van der Waals surface area contributed by atoms with Crippen LogP contribution in [-0.4, -0.2) is 64.3 Å². The van der Waals surface area contributed by atoms with Crippen molar-refractivity contribution in [2.24, 2.45) is 0 Å². The van der Waals surface area contributed by atoms with E-state index in [2.05, 4.69) is 0 Å². The van der Waals surface area contributed by atoms with Gasteiger partial charge in [-0.15, -0.1) is 0 Å². The molecule has 1 atom stereocenters. The third-order valence-corrected chi connectivity index (χ3v) is 5.05. The van der Waals surface area contributed by atoms with Crippen LogP contribution in [0.3, 0.4) is 0 Å². The number of carbonyl (C=O) groups is 2. The molecule has 1 aromatic heterocycles. The van der Waals surface area contributed by atoms with Crippen LogP contribution in [0.1, 0.15) is 20.8 Å². The van der Waals surface area contributed by atoms with Crippen LogP contribution >= 0.6 is 0 Å². The first-order valence-corrected chi connectivity index (χ1v) is 9.61. The number of fused-ring (bicyclic) bond motifs is 1. The van der Waals surface area contributed by atoms with Crippen molar-refractivity contribution in [1.82, 2.24) is 14.4 Å². The molecule has 4 rings (SSSR count). The molecule has 0 bridgehead atoms. The lowest BCUT2D eigenvalue weighted by atomic mass is 10.2. The molecule has 2 aliphatic heterocycles. The highest BCUT2D eigenvalue weighted by Crippen LogP contribution is 2.28. The maximum Gasteiger partial charge on any atom is 0.410 e. The number of carbonyl (C=O) groups excluding carboxylic acids is 2. The van der Waals surface area contributed by atoms with Gasteiger partial charge < -0.3 is 19.1 Å². The summed E-state index contributed by atoms with van der Waals surface area (Å²) in [5, 5.41) is 0. The highest BCUT2D eigenvalue weighted by Gasteiger charge is 2.42. The first-order chi connectivity index (χ1) is 13.3. The molecule has 2 aliphatic rings. The molecule has 0 N–H and O–H groups in total. The molecule has 7 heteroatoms. The van der Waals surface area contributed by atoms with Gasteiger partial charge in [0.05, 0.1) is 6.04 Å². The Hall–Kier alpha value is -2.96. The van der Waals surface area contributed by atoms with Crippen LogP contribution in [-0.2, 0) is 4.74 Å². The monoisotopic (exact) mass is 382 g/mol. The highest BCUT2D eigenvalue weighted by atomic mass is 16.6. The number of rotatable bonds is 2. The molecule has 1 aromatic carbocycles. The van der Waals surface area contributed by atoms with Crippen molar-refractivity contribution in [3.8, 4) is 5.69 Å². The third-order valence-electron chi connectivity index (χ3n) is 5.05. The molecule has 2 aromatic rings. The summed E-state index contributed by atoms with van der Waals surface area (Å²) in [5.41, 5.74) is 1.36. The average Bonchev–Trinajstić information content (AvgIpc) is 3.29. The summed E-state index contributed by atoms with van der Waals surface area (Å²) < 4.78 is 7.50. The van der Waals surface area contributed by atoms with Crippen LogP contribution in [0, 0.1) is 0 Å². The smallest absolute Gasteiger partial charge is 0.410 e. The fraction of sp³-hybridized carbons (Fsp3) is 0.429. The summed E-state index contributed by atoms with van der Waals surface area (Å²) in [4.78, 5) is 30.7.